The van der Waals surface area contributed by atoms with Crippen LogP contribution in [0.1, 0.15) is 39.1 Å². The second-order valence-corrected chi connectivity index (χ2v) is 9.33. The Morgan fingerprint density at radius 2 is 1.52 bits per heavy atom. The number of esters is 1. The Balaban J connectivity index is 1.81. The van der Waals surface area contributed by atoms with Crippen molar-refractivity contribution in [2.45, 2.75) is 12.8 Å². The molecule has 3 atom stereocenters. The van der Waals surface area contributed by atoms with E-state index in [1.165, 1.54) is 0 Å². The minimum Gasteiger partial charge on any atom is -0.426 e. The number of carbonyl (C=O) groups excluding carboxylic acids is 3. The molecule has 0 N–H and O–H groups in total. The number of halogens is 2. The van der Waals surface area contributed by atoms with Crippen molar-refractivity contribution < 1.29 is 19.1 Å². The summed E-state index contributed by atoms with van der Waals surface area (Å²) in [7, 11) is 0. The van der Waals surface area contributed by atoms with Crippen molar-refractivity contribution in [3.05, 3.63) is 98.4 Å². The van der Waals surface area contributed by atoms with E-state index in [9.17, 15) is 14.4 Å². The molecule has 6 heteroatoms. The van der Waals surface area contributed by atoms with Crippen LogP contribution in [0.15, 0.2) is 81.7 Å². The lowest BCUT2D eigenvalue weighted by molar-refractivity contribution is -0.139. The van der Waals surface area contributed by atoms with Crippen molar-refractivity contribution in [1.82, 2.24) is 0 Å². The van der Waals surface area contributed by atoms with Crippen molar-refractivity contribution in [2.24, 2.45) is 11.8 Å². The summed E-state index contributed by atoms with van der Waals surface area (Å²) in [5.41, 5.74) is 1.61. The summed E-state index contributed by atoms with van der Waals surface area (Å²) < 4.78 is 7.17. The molecule has 1 aliphatic heterocycles. The molecule has 3 aromatic rings. The van der Waals surface area contributed by atoms with E-state index in [2.05, 4.69) is 31.9 Å². The van der Waals surface area contributed by atoms with E-state index >= 15 is 0 Å². The first-order valence-corrected chi connectivity index (χ1v) is 11.4. The number of hydrogen-bond donors (Lipinski definition) is 0. The maximum atomic E-state index is 13.4. The summed E-state index contributed by atoms with van der Waals surface area (Å²) in [6, 6.07) is 21.0. The molecule has 0 aromatic heterocycles. The summed E-state index contributed by atoms with van der Waals surface area (Å²) in [5, 5.41) is 0. The number of fused-ring (bicyclic) bond motifs is 1. The SMILES string of the molecule is C[C@@H](C(=O)c1ccc(Br)cc1)[C@@H]1c2cc(Br)ccc2OC(=O)[C@@H]1C(=O)c1ccccc1. The Morgan fingerprint density at radius 3 is 2.19 bits per heavy atom. The second kappa shape index (κ2) is 8.89. The third-order valence-corrected chi connectivity index (χ3v) is 6.60. The fourth-order valence-electron chi connectivity index (χ4n) is 4.02. The summed E-state index contributed by atoms with van der Waals surface area (Å²) in [4.78, 5) is 39.8. The second-order valence-electron chi connectivity index (χ2n) is 7.50. The van der Waals surface area contributed by atoms with Gasteiger partial charge in [0.2, 0.25) is 0 Å². The van der Waals surface area contributed by atoms with Crippen LogP contribution in [-0.2, 0) is 4.79 Å². The Kier molecular flexibility index (Phi) is 6.21. The molecule has 0 spiro atoms. The first-order valence-electron chi connectivity index (χ1n) is 9.77. The van der Waals surface area contributed by atoms with Gasteiger partial charge in [0.05, 0.1) is 0 Å². The smallest absolute Gasteiger partial charge is 0.322 e. The minimum absolute atomic E-state index is 0.135. The van der Waals surface area contributed by atoms with Crippen LogP contribution in [-0.4, -0.2) is 17.5 Å². The molecule has 1 aliphatic rings. The molecule has 3 aromatic carbocycles. The van der Waals surface area contributed by atoms with Gasteiger partial charge in [0.15, 0.2) is 11.6 Å². The van der Waals surface area contributed by atoms with E-state index in [0.717, 1.165) is 8.95 Å². The van der Waals surface area contributed by atoms with Crippen molar-refractivity contribution in [3.8, 4) is 5.75 Å². The van der Waals surface area contributed by atoms with Gasteiger partial charge in [0.1, 0.15) is 11.7 Å². The Bertz CT molecular complexity index is 1160. The van der Waals surface area contributed by atoms with Gasteiger partial charge in [-0.05, 0) is 30.3 Å². The van der Waals surface area contributed by atoms with Gasteiger partial charge < -0.3 is 4.74 Å². The molecule has 0 unspecified atom stereocenters. The Morgan fingerprint density at radius 1 is 0.871 bits per heavy atom. The van der Waals surface area contributed by atoms with Gasteiger partial charge in [0.25, 0.3) is 0 Å². The summed E-state index contributed by atoms with van der Waals surface area (Å²) in [6.07, 6.45) is 0. The molecule has 0 aliphatic carbocycles. The lowest BCUT2D eigenvalue weighted by Crippen LogP contribution is -2.41. The first kappa shape index (κ1) is 21.7. The highest BCUT2D eigenvalue weighted by Gasteiger charge is 2.47. The molecule has 0 radical (unpaired) electrons. The Labute approximate surface area is 196 Å². The molecule has 0 bridgehead atoms. The zero-order chi connectivity index (χ0) is 22.1. The van der Waals surface area contributed by atoms with Crippen LogP contribution >= 0.6 is 31.9 Å². The predicted molar refractivity (Wildman–Crippen MR) is 124 cm³/mol. The number of ether oxygens (including phenoxy) is 1. The van der Waals surface area contributed by atoms with Gasteiger partial charge in [-0.3, -0.25) is 14.4 Å². The summed E-state index contributed by atoms with van der Waals surface area (Å²) in [6.45, 7) is 1.77. The molecular formula is C25H18Br2O4. The molecule has 4 nitrogen and oxygen atoms in total. The van der Waals surface area contributed by atoms with Crippen molar-refractivity contribution in [1.29, 1.82) is 0 Å². The van der Waals surface area contributed by atoms with E-state index in [1.54, 1.807) is 73.7 Å². The van der Waals surface area contributed by atoms with E-state index < -0.39 is 23.7 Å². The molecule has 0 amide bonds. The van der Waals surface area contributed by atoms with Gasteiger partial charge in [-0.15, -0.1) is 0 Å². The normalized spacial score (nSPS) is 18.6. The summed E-state index contributed by atoms with van der Waals surface area (Å²) >= 11 is 6.84. The monoisotopic (exact) mass is 540 g/mol. The first-order chi connectivity index (χ1) is 14.9. The van der Waals surface area contributed by atoms with Crippen molar-refractivity contribution in [2.75, 3.05) is 0 Å². The van der Waals surface area contributed by atoms with E-state index in [4.69, 9.17) is 4.74 Å². The zero-order valence-corrected chi connectivity index (χ0v) is 19.7. The van der Waals surface area contributed by atoms with Crippen molar-refractivity contribution in [3.63, 3.8) is 0 Å². The van der Waals surface area contributed by atoms with E-state index in [-0.39, 0.29) is 11.6 Å². The van der Waals surface area contributed by atoms with E-state index in [0.29, 0.717) is 22.4 Å². The van der Waals surface area contributed by atoms with Crippen LogP contribution in [0.25, 0.3) is 0 Å². The average Bonchev–Trinajstić information content (AvgIpc) is 2.78. The van der Waals surface area contributed by atoms with Crippen LogP contribution in [0.2, 0.25) is 0 Å². The fourth-order valence-corrected chi connectivity index (χ4v) is 4.66. The van der Waals surface area contributed by atoms with E-state index in [1.807, 2.05) is 6.07 Å². The zero-order valence-electron chi connectivity index (χ0n) is 16.5. The highest BCUT2D eigenvalue weighted by Crippen LogP contribution is 2.45. The maximum Gasteiger partial charge on any atom is 0.322 e. The lowest BCUT2D eigenvalue weighted by Gasteiger charge is -2.34. The quantitative estimate of drug-likeness (QED) is 0.166. The van der Waals surface area contributed by atoms with Gasteiger partial charge in [-0.2, -0.15) is 0 Å². The standard InChI is InChI=1S/C25H18Br2O4/c1-14(23(28)16-7-9-17(26)10-8-16)21-19-13-18(27)11-12-20(19)31-25(30)22(21)24(29)15-5-3-2-4-6-15/h2-14,21-22H,1H3/t14-,21-,22+/m1/s1. The third kappa shape index (κ3) is 4.27. The molecule has 0 saturated carbocycles. The number of rotatable bonds is 5. The lowest BCUT2D eigenvalue weighted by atomic mass is 9.71. The van der Waals surface area contributed by atoms with Gasteiger partial charge in [-0.25, -0.2) is 0 Å². The van der Waals surface area contributed by atoms with Crippen LogP contribution in [0.4, 0.5) is 0 Å². The van der Waals surface area contributed by atoms with Crippen molar-refractivity contribution >= 4 is 49.4 Å². The highest BCUT2D eigenvalue weighted by molar-refractivity contribution is 9.10. The average molecular weight is 542 g/mol. The number of carbonyl (C=O) groups is 3. The fraction of sp³-hybridized carbons (Fsp3) is 0.160. The number of hydrogen-bond acceptors (Lipinski definition) is 4. The third-order valence-electron chi connectivity index (χ3n) is 5.58. The number of ketones is 2. The topological polar surface area (TPSA) is 60.4 Å². The molecular weight excluding hydrogens is 524 g/mol. The summed E-state index contributed by atoms with van der Waals surface area (Å²) in [5.74, 6) is -3.13. The minimum atomic E-state index is -1.11. The molecule has 0 fully saturated rings. The van der Waals surface area contributed by atoms with Gasteiger partial charge in [0, 0.05) is 37.5 Å². The molecule has 1 heterocycles. The van der Waals surface area contributed by atoms with Gasteiger partial charge >= 0.3 is 5.97 Å². The number of benzene rings is 3. The number of Topliss-reactive ketones (excluding diaryl/α,β-unsaturated/α-hetero) is 2. The molecule has 156 valence electrons. The Hall–Kier alpha value is -2.57. The van der Waals surface area contributed by atoms with Crippen LogP contribution in [0, 0.1) is 11.8 Å². The highest BCUT2D eigenvalue weighted by atomic mass is 79.9. The predicted octanol–water partition coefficient (Wildman–Crippen LogP) is 6.23. The van der Waals surface area contributed by atoms with Crippen LogP contribution in [0.5, 0.6) is 5.75 Å². The van der Waals surface area contributed by atoms with Crippen LogP contribution < -0.4 is 4.74 Å². The molecule has 31 heavy (non-hydrogen) atoms. The molecule has 4 rings (SSSR count). The van der Waals surface area contributed by atoms with Gasteiger partial charge in [-0.1, -0.05) is 81.2 Å². The largest absolute Gasteiger partial charge is 0.426 e. The molecule has 0 saturated heterocycles. The maximum absolute atomic E-state index is 13.4. The van der Waals surface area contributed by atoms with Crippen LogP contribution in [0.3, 0.4) is 0 Å².